The summed E-state index contributed by atoms with van der Waals surface area (Å²) in [4.78, 5) is 33.8. The Kier molecular flexibility index (Phi) is 6.65. The first-order valence-electron chi connectivity index (χ1n) is 10.3. The van der Waals surface area contributed by atoms with Crippen molar-refractivity contribution in [3.8, 4) is 0 Å². The molecule has 0 saturated carbocycles. The Balaban J connectivity index is 1.64. The molecule has 1 amide bonds. The molecule has 31 heavy (non-hydrogen) atoms. The minimum atomic E-state index is -0.680. The van der Waals surface area contributed by atoms with Crippen molar-refractivity contribution >= 4 is 29.1 Å². The van der Waals surface area contributed by atoms with Gasteiger partial charge in [0.2, 0.25) is 0 Å². The van der Waals surface area contributed by atoms with Gasteiger partial charge in [0, 0.05) is 49.2 Å². The van der Waals surface area contributed by atoms with E-state index in [9.17, 15) is 14.7 Å². The average Bonchev–Trinajstić information content (AvgIpc) is 3.05. The van der Waals surface area contributed by atoms with Crippen LogP contribution in [0.3, 0.4) is 0 Å². The molecule has 162 valence electrons. The zero-order valence-corrected chi connectivity index (χ0v) is 17.8. The molecule has 4 rings (SSSR count). The van der Waals surface area contributed by atoms with Gasteiger partial charge in [-0.3, -0.25) is 19.5 Å². The van der Waals surface area contributed by atoms with Gasteiger partial charge in [-0.25, -0.2) is 0 Å². The highest BCUT2D eigenvalue weighted by Crippen LogP contribution is 2.39. The zero-order valence-electron chi connectivity index (χ0n) is 17.0. The summed E-state index contributed by atoms with van der Waals surface area (Å²) >= 11 is 5.95. The summed E-state index contributed by atoms with van der Waals surface area (Å²) in [6.07, 6.45) is 3.95. The number of amides is 1. The first-order chi connectivity index (χ1) is 15.1. The largest absolute Gasteiger partial charge is 0.507 e. The number of carbonyl (C=O) groups is 2. The molecule has 2 aliphatic heterocycles. The van der Waals surface area contributed by atoms with E-state index >= 15 is 0 Å². The topological polar surface area (TPSA) is 83.0 Å². The van der Waals surface area contributed by atoms with Crippen molar-refractivity contribution in [2.45, 2.75) is 12.5 Å². The average molecular weight is 442 g/mol. The van der Waals surface area contributed by atoms with E-state index in [1.165, 1.54) is 0 Å². The lowest BCUT2D eigenvalue weighted by atomic mass is 9.96. The lowest BCUT2D eigenvalue weighted by Gasteiger charge is -2.29. The van der Waals surface area contributed by atoms with Crippen molar-refractivity contribution in [2.24, 2.45) is 0 Å². The molecule has 1 atom stereocenters. The number of nitrogens with zero attached hydrogens (tertiary/aromatic N) is 3. The summed E-state index contributed by atoms with van der Waals surface area (Å²) in [6, 6.07) is 9.40. The van der Waals surface area contributed by atoms with Crippen LogP contribution in [0, 0.1) is 0 Å². The molecule has 0 spiro atoms. The maximum absolute atomic E-state index is 13.0. The predicted octanol–water partition coefficient (Wildman–Crippen LogP) is 2.88. The number of morpholine rings is 1. The number of rotatable bonds is 6. The molecule has 2 aromatic rings. The molecule has 2 saturated heterocycles. The second-order valence-electron chi connectivity index (χ2n) is 7.59. The van der Waals surface area contributed by atoms with Gasteiger partial charge in [-0.15, -0.1) is 0 Å². The Morgan fingerprint density at radius 3 is 2.42 bits per heavy atom. The number of hydrogen-bond acceptors (Lipinski definition) is 6. The number of ether oxygens (including phenoxy) is 1. The number of carbonyl (C=O) groups excluding carboxylic acids is 2. The fourth-order valence-electron chi connectivity index (χ4n) is 4.06. The third kappa shape index (κ3) is 4.63. The van der Waals surface area contributed by atoms with Crippen molar-refractivity contribution in [3.63, 3.8) is 0 Å². The van der Waals surface area contributed by atoms with Gasteiger partial charge in [0.1, 0.15) is 5.76 Å². The van der Waals surface area contributed by atoms with Gasteiger partial charge in [0.15, 0.2) is 0 Å². The molecule has 8 heteroatoms. The smallest absolute Gasteiger partial charge is 0.295 e. The van der Waals surface area contributed by atoms with Gasteiger partial charge < -0.3 is 14.7 Å². The minimum Gasteiger partial charge on any atom is -0.507 e. The fraction of sp³-hybridized carbons (Fsp3) is 0.348. The van der Waals surface area contributed by atoms with E-state index in [0.29, 0.717) is 30.3 Å². The molecule has 2 fully saturated rings. The number of likely N-dealkylation sites (tertiary alicyclic amines) is 1. The highest BCUT2D eigenvalue weighted by molar-refractivity contribution is 6.46. The standard InChI is InChI=1S/C23H24ClN3O4/c24-18-4-2-17(3-5-18)21(28)19-20(16-6-8-25-9-7-16)27(23(30)22(19)29)11-1-10-26-12-14-31-15-13-26/h2-9,20,28H,1,10-15H2/t20-/m1/s1. The van der Waals surface area contributed by atoms with Gasteiger partial charge >= 0.3 is 0 Å². The molecular weight excluding hydrogens is 418 g/mol. The van der Waals surface area contributed by atoms with Crippen LogP contribution in [0.1, 0.15) is 23.6 Å². The second-order valence-corrected chi connectivity index (χ2v) is 8.02. The van der Waals surface area contributed by atoms with Crippen LogP contribution in [0.4, 0.5) is 0 Å². The summed E-state index contributed by atoms with van der Waals surface area (Å²) in [6.45, 7) is 4.37. The molecule has 0 aliphatic carbocycles. The van der Waals surface area contributed by atoms with Crippen LogP contribution < -0.4 is 0 Å². The molecule has 0 unspecified atom stereocenters. The summed E-state index contributed by atoms with van der Waals surface area (Å²) < 4.78 is 5.38. The van der Waals surface area contributed by atoms with E-state index in [1.54, 1.807) is 53.7 Å². The van der Waals surface area contributed by atoms with E-state index in [0.717, 1.165) is 31.6 Å². The first-order valence-corrected chi connectivity index (χ1v) is 10.7. The molecule has 1 aromatic heterocycles. The lowest BCUT2D eigenvalue weighted by Crippen LogP contribution is -2.38. The van der Waals surface area contributed by atoms with Gasteiger partial charge in [0.05, 0.1) is 24.8 Å². The van der Waals surface area contributed by atoms with E-state index in [2.05, 4.69) is 9.88 Å². The SMILES string of the molecule is O=C1C(=O)N(CCCN2CCOCC2)[C@H](c2ccncc2)C1=C(O)c1ccc(Cl)cc1. The van der Waals surface area contributed by atoms with Crippen molar-refractivity contribution in [2.75, 3.05) is 39.4 Å². The van der Waals surface area contributed by atoms with Crippen molar-refractivity contribution in [3.05, 3.63) is 70.5 Å². The molecule has 0 bridgehead atoms. The molecule has 2 aliphatic rings. The van der Waals surface area contributed by atoms with Crippen LogP contribution in [0.5, 0.6) is 0 Å². The van der Waals surface area contributed by atoms with Crippen LogP contribution >= 0.6 is 11.6 Å². The number of benzene rings is 1. The van der Waals surface area contributed by atoms with Crippen LogP contribution in [0.2, 0.25) is 5.02 Å². The molecule has 7 nitrogen and oxygen atoms in total. The highest BCUT2D eigenvalue weighted by atomic mass is 35.5. The monoisotopic (exact) mass is 441 g/mol. The molecular formula is C23H24ClN3O4. The molecule has 0 radical (unpaired) electrons. The summed E-state index contributed by atoms with van der Waals surface area (Å²) in [5, 5.41) is 11.5. The normalized spacial score (nSPS) is 21.6. The number of halogens is 1. The molecule has 1 N–H and O–H groups in total. The highest BCUT2D eigenvalue weighted by Gasteiger charge is 2.45. The Labute approximate surface area is 185 Å². The summed E-state index contributed by atoms with van der Waals surface area (Å²) in [5.74, 6) is -1.48. The number of ketones is 1. The number of Topliss-reactive ketones (excluding diaryl/α,β-unsaturated/α-hetero) is 1. The van der Waals surface area contributed by atoms with Crippen LogP contribution in [0.15, 0.2) is 54.4 Å². The summed E-state index contributed by atoms with van der Waals surface area (Å²) in [5.41, 5.74) is 1.26. The number of aromatic nitrogens is 1. The Morgan fingerprint density at radius 2 is 1.74 bits per heavy atom. The van der Waals surface area contributed by atoms with Gasteiger partial charge in [0.25, 0.3) is 11.7 Å². The van der Waals surface area contributed by atoms with Gasteiger partial charge in [-0.1, -0.05) is 11.6 Å². The third-order valence-electron chi connectivity index (χ3n) is 5.66. The van der Waals surface area contributed by atoms with Gasteiger partial charge in [-0.2, -0.15) is 0 Å². The number of pyridine rings is 1. The van der Waals surface area contributed by atoms with Crippen molar-refractivity contribution in [1.29, 1.82) is 0 Å². The molecule has 3 heterocycles. The number of aliphatic hydroxyl groups is 1. The zero-order chi connectivity index (χ0) is 21.8. The Bertz CT molecular complexity index is 972. The van der Waals surface area contributed by atoms with E-state index in [1.807, 2.05) is 0 Å². The lowest BCUT2D eigenvalue weighted by molar-refractivity contribution is -0.140. The van der Waals surface area contributed by atoms with E-state index < -0.39 is 17.7 Å². The Morgan fingerprint density at radius 1 is 1.06 bits per heavy atom. The predicted molar refractivity (Wildman–Crippen MR) is 117 cm³/mol. The van der Waals surface area contributed by atoms with E-state index in [4.69, 9.17) is 16.3 Å². The van der Waals surface area contributed by atoms with Crippen LogP contribution in [-0.2, 0) is 14.3 Å². The van der Waals surface area contributed by atoms with E-state index in [-0.39, 0.29) is 11.3 Å². The maximum Gasteiger partial charge on any atom is 0.295 e. The summed E-state index contributed by atoms with van der Waals surface area (Å²) in [7, 11) is 0. The Hall–Kier alpha value is -2.74. The number of hydrogen-bond donors (Lipinski definition) is 1. The number of aliphatic hydroxyl groups excluding tert-OH is 1. The van der Waals surface area contributed by atoms with Crippen molar-refractivity contribution < 1.29 is 19.4 Å². The van der Waals surface area contributed by atoms with Crippen LogP contribution in [0.25, 0.3) is 5.76 Å². The first kappa shape index (κ1) is 21.5. The second kappa shape index (κ2) is 9.60. The quantitative estimate of drug-likeness (QED) is 0.421. The third-order valence-corrected chi connectivity index (χ3v) is 5.91. The fourth-order valence-corrected chi connectivity index (χ4v) is 4.18. The van der Waals surface area contributed by atoms with Crippen molar-refractivity contribution in [1.82, 2.24) is 14.8 Å². The maximum atomic E-state index is 13.0. The van der Waals surface area contributed by atoms with Crippen LogP contribution in [-0.4, -0.2) is 71.0 Å². The van der Waals surface area contributed by atoms with Gasteiger partial charge in [-0.05, 0) is 48.4 Å². The minimum absolute atomic E-state index is 0.0879. The molecule has 1 aromatic carbocycles.